The minimum atomic E-state index is -0.157. The second kappa shape index (κ2) is 4.45. The molecule has 3 nitrogen and oxygen atoms in total. The molecule has 0 bridgehead atoms. The molecule has 0 atom stereocenters. The quantitative estimate of drug-likeness (QED) is 0.860. The Morgan fingerprint density at radius 3 is 2.41 bits per heavy atom. The first-order valence-electron chi connectivity index (χ1n) is 5.60. The predicted octanol–water partition coefficient (Wildman–Crippen LogP) is 2.64. The molecule has 0 fully saturated rings. The molecule has 0 saturated heterocycles. The molecule has 0 saturated carbocycles. The standard InChI is InChI=1S/C14H15NO2/c1-3-15(2)14(17)12-8-10-6-4-5-7-11(10)9-13(12)16/h4-9,16H,3H2,1-2H3. The van der Waals surface area contributed by atoms with Gasteiger partial charge in [-0.2, -0.15) is 0 Å². The maximum absolute atomic E-state index is 12.0. The number of benzene rings is 2. The van der Waals surface area contributed by atoms with Gasteiger partial charge in [-0.15, -0.1) is 0 Å². The zero-order valence-electron chi connectivity index (χ0n) is 9.97. The molecule has 0 unspecified atom stereocenters. The molecular formula is C14H15NO2. The van der Waals surface area contributed by atoms with Crippen LogP contribution in [0.3, 0.4) is 0 Å². The summed E-state index contributed by atoms with van der Waals surface area (Å²) in [6.45, 7) is 2.51. The van der Waals surface area contributed by atoms with E-state index in [1.165, 1.54) is 0 Å². The Hall–Kier alpha value is -2.03. The molecule has 0 aliphatic carbocycles. The average Bonchev–Trinajstić information content (AvgIpc) is 2.36. The summed E-state index contributed by atoms with van der Waals surface area (Å²) < 4.78 is 0. The van der Waals surface area contributed by atoms with E-state index in [0.717, 1.165) is 10.8 Å². The molecule has 0 radical (unpaired) electrons. The lowest BCUT2D eigenvalue weighted by Gasteiger charge is -2.15. The maximum Gasteiger partial charge on any atom is 0.257 e. The van der Waals surface area contributed by atoms with E-state index in [0.29, 0.717) is 12.1 Å². The number of phenols is 1. The monoisotopic (exact) mass is 229 g/mol. The minimum absolute atomic E-state index is 0.0361. The van der Waals surface area contributed by atoms with Gasteiger partial charge in [0.1, 0.15) is 5.75 Å². The Bertz CT molecular complexity index is 563. The van der Waals surface area contributed by atoms with Crippen LogP contribution in [-0.4, -0.2) is 29.5 Å². The highest BCUT2D eigenvalue weighted by Gasteiger charge is 2.15. The van der Waals surface area contributed by atoms with Crippen molar-refractivity contribution in [1.82, 2.24) is 4.90 Å². The van der Waals surface area contributed by atoms with E-state index in [-0.39, 0.29) is 11.7 Å². The first kappa shape index (κ1) is 11.5. The molecule has 3 heteroatoms. The zero-order valence-corrected chi connectivity index (χ0v) is 9.97. The Labute approximate surface area is 100 Å². The van der Waals surface area contributed by atoms with E-state index < -0.39 is 0 Å². The van der Waals surface area contributed by atoms with Gasteiger partial charge in [0, 0.05) is 13.6 Å². The Morgan fingerprint density at radius 1 is 1.24 bits per heavy atom. The van der Waals surface area contributed by atoms with Gasteiger partial charge in [0.15, 0.2) is 0 Å². The van der Waals surface area contributed by atoms with Crippen LogP contribution in [-0.2, 0) is 0 Å². The second-order valence-corrected chi connectivity index (χ2v) is 4.04. The van der Waals surface area contributed by atoms with Crippen LogP contribution in [0.4, 0.5) is 0 Å². The van der Waals surface area contributed by atoms with Gasteiger partial charge >= 0.3 is 0 Å². The number of aromatic hydroxyl groups is 1. The number of hydrogen-bond acceptors (Lipinski definition) is 2. The molecule has 88 valence electrons. The van der Waals surface area contributed by atoms with Crippen LogP contribution < -0.4 is 0 Å². The molecule has 0 aliphatic rings. The minimum Gasteiger partial charge on any atom is -0.507 e. The SMILES string of the molecule is CCN(C)C(=O)c1cc2ccccc2cc1O. The van der Waals surface area contributed by atoms with Gasteiger partial charge < -0.3 is 10.0 Å². The third-order valence-corrected chi connectivity index (χ3v) is 2.92. The van der Waals surface area contributed by atoms with Crippen molar-refractivity contribution in [3.8, 4) is 5.75 Å². The summed E-state index contributed by atoms with van der Waals surface area (Å²) in [4.78, 5) is 13.6. The van der Waals surface area contributed by atoms with Crippen LogP contribution in [0, 0.1) is 0 Å². The zero-order chi connectivity index (χ0) is 12.4. The van der Waals surface area contributed by atoms with Gasteiger partial charge in [0.05, 0.1) is 5.56 Å². The van der Waals surface area contributed by atoms with E-state index in [1.807, 2.05) is 31.2 Å². The summed E-state index contributed by atoms with van der Waals surface area (Å²) in [7, 11) is 1.72. The van der Waals surface area contributed by atoms with Crippen LogP contribution >= 0.6 is 0 Å². The number of nitrogens with zero attached hydrogens (tertiary/aromatic N) is 1. The molecule has 1 N–H and O–H groups in total. The molecule has 0 aromatic heterocycles. The molecule has 2 rings (SSSR count). The van der Waals surface area contributed by atoms with Gasteiger partial charge in [-0.25, -0.2) is 0 Å². The van der Waals surface area contributed by atoms with Crippen LogP contribution in [0.15, 0.2) is 36.4 Å². The van der Waals surface area contributed by atoms with Gasteiger partial charge in [-0.1, -0.05) is 24.3 Å². The molecule has 0 aliphatic heterocycles. The largest absolute Gasteiger partial charge is 0.507 e. The van der Waals surface area contributed by atoms with Gasteiger partial charge in [0.2, 0.25) is 0 Å². The molecule has 0 heterocycles. The summed E-state index contributed by atoms with van der Waals surface area (Å²) >= 11 is 0. The van der Waals surface area contributed by atoms with Crippen LogP contribution in [0.2, 0.25) is 0 Å². The highest BCUT2D eigenvalue weighted by atomic mass is 16.3. The lowest BCUT2D eigenvalue weighted by atomic mass is 10.1. The normalized spacial score (nSPS) is 10.5. The second-order valence-electron chi connectivity index (χ2n) is 4.04. The van der Waals surface area contributed by atoms with Gasteiger partial charge in [-0.05, 0) is 29.8 Å². The number of hydrogen-bond donors (Lipinski definition) is 1. The number of fused-ring (bicyclic) bond motifs is 1. The van der Waals surface area contributed by atoms with Crippen molar-refractivity contribution in [2.75, 3.05) is 13.6 Å². The molecular weight excluding hydrogens is 214 g/mol. The van der Waals surface area contributed by atoms with E-state index in [9.17, 15) is 9.90 Å². The molecule has 2 aromatic carbocycles. The van der Waals surface area contributed by atoms with E-state index >= 15 is 0 Å². The van der Waals surface area contributed by atoms with Gasteiger partial charge in [0.25, 0.3) is 5.91 Å². The topological polar surface area (TPSA) is 40.5 Å². The fourth-order valence-electron chi connectivity index (χ4n) is 1.75. The number of rotatable bonds is 2. The Kier molecular flexibility index (Phi) is 3.00. The van der Waals surface area contributed by atoms with E-state index in [1.54, 1.807) is 24.1 Å². The number of phenolic OH excluding ortho intramolecular Hbond substituents is 1. The Morgan fingerprint density at radius 2 is 1.82 bits per heavy atom. The van der Waals surface area contributed by atoms with Crippen molar-refractivity contribution in [3.05, 3.63) is 42.0 Å². The van der Waals surface area contributed by atoms with Crippen molar-refractivity contribution >= 4 is 16.7 Å². The van der Waals surface area contributed by atoms with Crippen LogP contribution in [0.5, 0.6) is 5.75 Å². The van der Waals surface area contributed by atoms with E-state index in [4.69, 9.17) is 0 Å². The summed E-state index contributed by atoms with van der Waals surface area (Å²) in [6, 6.07) is 11.0. The molecule has 2 aromatic rings. The fourth-order valence-corrected chi connectivity index (χ4v) is 1.75. The summed E-state index contributed by atoms with van der Waals surface area (Å²) in [5.41, 5.74) is 0.355. The fraction of sp³-hybridized carbons (Fsp3) is 0.214. The van der Waals surface area contributed by atoms with Crippen LogP contribution in [0.25, 0.3) is 10.8 Å². The molecule has 0 spiro atoms. The lowest BCUT2D eigenvalue weighted by molar-refractivity contribution is 0.0799. The highest BCUT2D eigenvalue weighted by molar-refractivity contribution is 6.01. The third kappa shape index (κ3) is 2.09. The molecule has 17 heavy (non-hydrogen) atoms. The maximum atomic E-state index is 12.0. The number of carbonyl (C=O) groups excluding carboxylic acids is 1. The first-order chi connectivity index (χ1) is 8.13. The number of amides is 1. The molecule has 1 amide bonds. The van der Waals surface area contributed by atoms with Crippen molar-refractivity contribution < 1.29 is 9.90 Å². The lowest BCUT2D eigenvalue weighted by Crippen LogP contribution is -2.26. The predicted molar refractivity (Wildman–Crippen MR) is 68.2 cm³/mol. The van der Waals surface area contributed by atoms with Crippen molar-refractivity contribution in [3.63, 3.8) is 0 Å². The van der Waals surface area contributed by atoms with Crippen LogP contribution in [0.1, 0.15) is 17.3 Å². The van der Waals surface area contributed by atoms with E-state index in [2.05, 4.69) is 0 Å². The average molecular weight is 229 g/mol. The Balaban J connectivity index is 2.54. The van der Waals surface area contributed by atoms with Crippen molar-refractivity contribution in [1.29, 1.82) is 0 Å². The van der Waals surface area contributed by atoms with Crippen molar-refractivity contribution in [2.24, 2.45) is 0 Å². The summed E-state index contributed by atoms with van der Waals surface area (Å²) in [5, 5.41) is 11.8. The first-order valence-corrected chi connectivity index (χ1v) is 5.60. The third-order valence-electron chi connectivity index (χ3n) is 2.92. The number of carbonyl (C=O) groups is 1. The summed E-state index contributed by atoms with van der Waals surface area (Å²) in [6.07, 6.45) is 0. The van der Waals surface area contributed by atoms with Crippen molar-refractivity contribution in [2.45, 2.75) is 6.92 Å². The smallest absolute Gasteiger partial charge is 0.257 e. The van der Waals surface area contributed by atoms with Gasteiger partial charge in [-0.3, -0.25) is 4.79 Å². The highest BCUT2D eigenvalue weighted by Crippen LogP contribution is 2.25. The summed E-state index contributed by atoms with van der Waals surface area (Å²) in [5.74, 6) is -0.121.